The number of nitrogens with zero attached hydrogens (tertiary/aromatic N) is 1. The molecule has 0 aliphatic heterocycles. The predicted octanol–water partition coefficient (Wildman–Crippen LogP) is 2.08. The third-order valence-electron chi connectivity index (χ3n) is 2.54. The van der Waals surface area contributed by atoms with Crippen molar-refractivity contribution in [3.63, 3.8) is 0 Å². The zero-order valence-electron chi connectivity index (χ0n) is 10.5. The molecule has 0 fully saturated rings. The molecule has 0 saturated heterocycles. The average molecular weight is 256 g/mol. The zero-order chi connectivity index (χ0) is 12.8. The third kappa shape index (κ3) is 3.59. The van der Waals surface area contributed by atoms with E-state index >= 15 is 0 Å². The van der Waals surface area contributed by atoms with Crippen molar-refractivity contribution >= 4 is 28.3 Å². The number of nitrogens with two attached hydrogens (primary N) is 1. The maximum atomic E-state index is 11.6. The van der Waals surface area contributed by atoms with Crippen LogP contribution >= 0.6 is 11.5 Å². The maximum Gasteiger partial charge on any atom is 0.257 e. The molecule has 17 heavy (non-hydrogen) atoms. The Morgan fingerprint density at radius 3 is 2.88 bits per heavy atom. The van der Waals surface area contributed by atoms with Gasteiger partial charge in [0.2, 0.25) is 0 Å². The van der Waals surface area contributed by atoms with Crippen LogP contribution in [0.3, 0.4) is 0 Å². The third-order valence-corrected chi connectivity index (χ3v) is 3.33. The lowest BCUT2D eigenvalue weighted by molar-refractivity contribution is 0.0965. The van der Waals surface area contributed by atoms with E-state index in [1.165, 1.54) is 18.0 Å². The van der Waals surface area contributed by atoms with E-state index < -0.39 is 0 Å². The molecule has 4 N–H and O–H groups in total. The monoisotopic (exact) mass is 256 g/mol. The number of nitrogen functional groups attached to an aromatic ring is 1. The quantitative estimate of drug-likeness (QED) is 0.728. The molecule has 1 heterocycles. The predicted molar refractivity (Wildman–Crippen MR) is 72.5 cm³/mol. The normalized spacial score (nSPS) is 12.2. The van der Waals surface area contributed by atoms with Crippen LogP contribution in [-0.4, -0.2) is 23.4 Å². The summed E-state index contributed by atoms with van der Waals surface area (Å²) in [4.78, 5) is 11.6. The van der Waals surface area contributed by atoms with Crippen LogP contribution in [-0.2, 0) is 0 Å². The molecule has 0 spiro atoms. The summed E-state index contributed by atoms with van der Waals surface area (Å²) in [6.07, 6.45) is 3.40. The summed E-state index contributed by atoms with van der Waals surface area (Å²) in [5.41, 5.74) is 6.15. The summed E-state index contributed by atoms with van der Waals surface area (Å²) >= 11 is 1.23. The van der Waals surface area contributed by atoms with E-state index in [4.69, 9.17) is 5.73 Å². The summed E-state index contributed by atoms with van der Waals surface area (Å²) in [5.74, 6) is 0.0981. The smallest absolute Gasteiger partial charge is 0.257 e. The second-order valence-electron chi connectivity index (χ2n) is 4.04. The first-order chi connectivity index (χ1) is 8.10. The molecule has 1 rings (SSSR count). The fourth-order valence-electron chi connectivity index (χ4n) is 1.55. The van der Waals surface area contributed by atoms with Gasteiger partial charge in [-0.15, -0.1) is 0 Å². The van der Waals surface area contributed by atoms with Crippen molar-refractivity contribution in [1.29, 1.82) is 0 Å². The molecule has 0 aliphatic rings. The Hall–Kier alpha value is -1.30. The largest absolute Gasteiger partial charge is 0.382 e. The molecule has 96 valence electrons. The number of nitrogens with one attached hydrogen (secondary N) is 2. The highest BCUT2D eigenvalue weighted by atomic mass is 32.1. The molecule has 0 saturated carbocycles. The number of aromatic nitrogens is 1. The standard InChI is InChI=1S/C11H20N4OS/c1-4-5-6-7(2)14-11-8(10(16)13-3)9(12)15-17-11/h7,14H,4-6H2,1-3H3,(H2,12,15)(H,13,16). The second kappa shape index (κ2) is 6.44. The number of carbonyl (C=O) groups excluding carboxylic acids is 1. The lowest BCUT2D eigenvalue weighted by Crippen LogP contribution is -2.22. The van der Waals surface area contributed by atoms with E-state index in [2.05, 4.69) is 28.9 Å². The van der Waals surface area contributed by atoms with Crippen molar-refractivity contribution in [2.24, 2.45) is 0 Å². The number of hydrogen-bond acceptors (Lipinski definition) is 5. The Bertz CT molecular complexity index is 378. The Balaban J connectivity index is 2.74. The molecule has 0 aromatic carbocycles. The summed E-state index contributed by atoms with van der Waals surface area (Å²) in [6.45, 7) is 4.26. The molecular formula is C11H20N4OS. The van der Waals surface area contributed by atoms with Crippen LogP contribution in [0, 0.1) is 0 Å². The van der Waals surface area contributed by atoms with Gasteiger partial charge in [0.15, 0.2) is 5.82 Å². The first-order valence-electron chi connectivity index (χ1n) is 5.83. The molecular weight excluding hydrogens is 236 g/mol. The van der Waals surface area contributed by atoms with E-state index in [1.807, 2.05) is 0 Å². The molecule has 1 unspecified atom stereocenters. The number of anilines is 2. The van der Waals surface area contributed by atoms with Gasteiger partial charge in [0.1, 0.15) is 10.6 Å². The number of amides is 1. The van der Waals surface area contributed by atoms with Gasteiger partial charge in [0.25, 0.3) is 5.91 Å². The molecule has 1 amide bonds. The molecule has 0 bridgehead atoms. The molecule has 6 heteroatoms. The number of unbranched alkanes of at least 4 members (excludes halogenated alkanes) is 1. The highest BCUT2D eigenvalue weighted by molar-refractivity contribution is 7.11. The van der Waals surface area contributed by atoms with Crippen molar-refractivity contribution in [1.82, 2.24) is 9.69 Å². The van der Waals surface area contributed by atoms with Gasteiger partial charge in [0.05, 0.1) is 0 Å². The van der Waals surface area contributed by atoms with Crippen molar-refractivity contribution in [2.75, 3.05) is 18.1 Å². The van der Waals surface area contributed by atoms with E-state index in [0.29, 0.717) is 17.4 Å². The van der Waals surface area contributed by atoms with Crippen molar-refractivity contribution in [3.8, 4) is 0 Å². The van der Waals surface area contributed by atoms with E-state index in [-0.39, 0.29) is 5.91 Å². The van der Waals surface area contributed by atoms with Crippen LogP contribution in [0.25, 0.3) is 0 Å². The SMILES string of the molecule is CCCCC(C)Nc1snc(N)c1C(=O)NC. The summed E-state index contributed by atoms with van der Waals surface area (Å²) in [6, 6.07) is 0.318. The highest BCUT2D eigenvalue weighted by Gasteiger charge is 2.19. The van der Waals surface area contributed by atoms with Crippen molar-refractivity contribution in [3.05, 3.63) is 5.56 Å². The maximum absolute atomic E-state index is 11.6. The van der Waals surface area contributed by atoms with Crippen LogP contribution in [0.2, 0.25) is 0 Å². The first kappa shape index (κ1) is 13.8. The van der Waals surface area contributed by atoms with Gasteiger partial charge in [-0.1, -0.05) is 19.8 Å². The fourth-order valence-corrected chi connectivity index (χ4v) is 2.38. The number of carbonyl (C=O) groups is 1. The van der Waals surface area contributed by atoms with Crippen molar-refractivity contribution in [2.45, 2.75) is 39.2 Å². The highest BCUT2D eigenvalue weighted by Crippen LogP contribution is 2.27. The zero-order valence-corrected chi connectivity index (χ0v) is 11.4. The molecule has 1 aromatic rings. The fraction of sp³-hybridized carbons (Fsp3) is 0.636. The topological polar surface area (TPSA) is 80.0 Å². The van der Waals surface area contributed by atoms with Crippen LogP contribution < -0.4 is 16.4 Å². The second-order valence-corrected chi connectivity index (χ2v) is 4.81. The van der Waals surface area contributed by atoms with Gasteiger partial charge in [-0.05, 0) is 24.9 Å². The minimum Gasteiger partial charge on any atom is -0.382 e. The summed E-state index contributed by atoms with van der Waals surface area (Å²) in [7, 11) is 1.59. The average Bonchev–Trinajstić information content (AvgIpc) is 2.67. The first-order valence-corrected chi connectivity index (χ1v) is 6.61. The van der Waals surface area contributed by atoms with E-state index in [9.17, 15) is 4.79 Å². The molecule has 0 aliphatic carbocycles. The molecule has 0 radical (unpaired) electrons. The van der Waals surface area contributed by atoms with Crippen molar-refractivity contribution < 1.29 is 4.79 Å². The Morgan fingerprint density at radius 1 is 1.59 bits per heavy atom. The molecule has 1 aromatic heterocycles. The van der Waals surface area contributed by atoms with Gasteiger partial charge < -0.3 is 16.4 Å². The Kier molecular flexibility index (Phi) is 5.21. The van der Waals surface area contributed by atoms with E-state index in [0.717, 1.165) is 17.8 Å². The van der Waals surface area contributed by atoms with Gasteiger partial charge in [-0.25, -0.2) is 0 Å². The van der Waals surface area contributed by atoms with Gasteiger partial charge in [-0.3, -0.25) is 4.79 Å². The van der Waals surface area contributed by atoms with Gasteiger partial charge >= 0.3 is 0 Å². The van der Waals surface area contributed by atoms with Crippen LogP contribution in [0.15, 0.2) is 0 Å². The summed E-state index contributed by atoms with van der Waals surface area (Å²) < 4.78 is 4.02. The summed E-state index contributed by atoms with van der Waals surface area (Å²) in [5, 5.41) is 6.62. The molecule has 1 atom stereocenters. The lowest BCUT2D eigenvalue weighted by Gasteiger charge is -2.13. The number of rotatable bonds is 6. The van der Waals surface area contributed by atoms with Crippen LogP contribution in [0.4, 0.5) is 10.8 Å². The lowest BCUT2D eigenvalue weighted by atomic mass is 10.1. The minimum atomic E-state index is -0.193. The molecule has 5 nitrogen and oxygen atoms in total. The Labute approximate surface area is 106 Å². The van der Waals surface area contributed by atoms with Gasteiger partial charge in [-0.2, -0.15) is 4.37 Å². The van der Waals surface area contributed by atoms with Gasteiger partial charge in [0, 0.05) is 13.1 Å². The van der Waals surface area contributed by atoms with Crippen LogP contribution in [0.1, 0.15) is 43.5 Å². The van der Waals surface area contributed by atoms with E-state index in [1.54, 1.807) is 7.05 Å². The van der Waals surface area contributed by atoms with Crippen LogP contribution in [0.5, 0.6) is 0 Å². The number of hydrogen-bond donors (Lipinski definition) is 3. The Morgan fingerprint density at radius 2 is 2.29 bits per heavy atom. The minimum absolute atomic E-state index is 0.193.